The van der Waals surface area contributed by atoms with E-state index in [2.05, 4.69) is 31.0 Å². The molecule has 1 aliphatic heterocycles. The molecule has 1 N–H and O–H groups in total. The first-order valence-electron chi connectivity index (χ1n) is 9.26. The fraction of sp³-hybridized carbons (Fsp3) is 1.00. The normalized spacial score (nSPS) is 29.1. The predicted octanol–water partition coefficient (Wildman–Crippen LogP) is 3.43. The monoisotopic (exact) mass is 296 g/mol. The van der Waals surface area contributed by atoms with Gasteiger partial charge in [0.05, 0.1) is 6.10 Å². The second-order valence-corrected chi connectivity index (χ2v) is 7.38. The highest BCUT2D eigenvalue weighted by molar-refractivity contribution is 4.89. The first kappa shape index (κ1) is 17.2. The van der Waals surface area contributed by atoms with Crippen molar-refractivity contribution in [3.05, 3.63) is 0 Å². The minimum absolute atomic E-state index is 0.374. The van der Waals surface area contributed by atoms with Gasteiger partial charge in [-0.15, -0.1) is 0 Å². The SMILES string of the molecule is CC(C)OCCCCN1CC(C2CCCCC2)NCC1C. The van der Waals surface area contributed by atoms with Crippen molar-refractivity contribution in [2.24, 2.45) is 5.92 Å². The molecule has 0 radical (unpaired) electrons. The number of rotatable bonds is 7. The molecule has 1 aliphatic carbocycles. The molecule has 2 aliphatic rings. The molecular weight excluding hydrogens is 260 g/mol. The summed E-state index contributed by atoms with van der Waals surface area (Å²) in [4.78, 5) is 2.71. The van der Waals surface area contributed by atoms with Crippen molar-refractivity contribution in [2.75, 3.05) is 26.2 Å². The van der Waals surface area contributed by atoms with Crippen LogP contribution in [0.2, 0.25) is 0 Å². The summed E-state index contributed by atoms with van der Waals surface area (Å²) < 4.78 is 5.64. The van der Waals surface area contributed by atoms with Crippen LogP contribution in [0.3, 0.4) is 0 Å². The Labute approximate surface area is 131 Å². The van der Waals surface area contributed by atoms with Crippen LogP contribution in [-0.4, -0.2) is 49.3 Å². The summed E-state index contributed by atoms with van der Waals surface area (Å²) in [5.41, 5.74) is 0. The Morgan fingerprint density at radius 3 is 2.62 bits per heavy atom. The summed E-state index contributed by atoms with van der Waals surface area (Å²) in [6, 6.07) is 1.43. The zero-order valence-corrected chi connectivity index (χ0v) is 14.4. The molecule has 0 amide bonds. The Hall–Kier alpha value is -0.120. The van der Waals surface area contributed by atoms with Gasteiger partial charge in [0.15, 0.2) is 0 Å². The molecule has 0 bridgehead atoms. The molecular formula is C18H36N2O. The largest absolute Gasteiger partial charge is 0.379 e. The van der Waals surface area contributed by atoms with Crippen molar-refractivity contribution in [1.29, 1.82) is 0 Å². The molecule has 2 fully saturated rings. The summed E-state index contributed by atoms with van der Waals surface area (Å²) in [5, 5.41) is 3.82. The number of nitrogens with zero attached hydrogens (tertiary/aromatic N) is 1. The summed E-state index contributed by atoms with van der Waals surface area (Å²) in [6.45, 7) is 11.2. The van der Waals surface area contributed by atoms with Crippen molar-refractivity contribution >= 4 is 0 Å². The fourth-order valence-electron chi connectivity index (χ4n) is 3.85. The highest BCUT2D eigenvalue weighted by Gasteiger charge is 2.30. The van der Waals surface area contributed by atoms with E-state index < -0.39 is 0 Å². The number of hydrogen-bond donors (Lipinski definition) is 1. The molecule has 21 heavy (non-hydrogen) atoms. The number of ether oxygens (including phenoxy) is 1. The lowest BCUT2D eigenvalue weighted by Crippen LogP contribution is -2.58. The number of unbranched alkanes of at least 4 members (excludes halogenated alkanes) is 1. The Bertz CT molecular complexity index is 276. The number of hydrogen-bond acceptors (Lipinski definition) is 3. The van der Waals surface area contributed by atoms with Crippen LogP contribution in [0.4, 0.5) is 0 Å². The van der Waals surface area contributed by atoms with E-state index >= 15 is 0 Å². The minimum atomic E-state index is 0.374. The van der Waals surface area contributed by atoms with Crippen LogP contribution < -0.4 is 5.32 Å². The molecule has 2 unspecified atom stereocenters. The van der Waals surface area contributed by atoms with E-state index in [1.54, 1.807) is 0 Å². The Morgan fingerprint density at radius 2 is 1.90 bits per heavy atom. The average molecular weight is 296 g/mol. The summed E-state index contributed by atoms with van der Waals surface area (Å²) in [6.07, 6.45) is 10.1. The topological polar surface area (TPSA) is 24.5 Å². The fourth-order valence-corrected chi connectivity index (χ4v) is 3.85. The van der Waals surface area contributed by atoms with E-state index in [9.17, 15) is 0 Å². The second-order valence-electron chi connectivity index (χ2n) is 7.38. The van der Waals surface area contributed by atoms with E-state index in [1.807, 2.05) is 0 Å². The average Bonchev–Trinajstić information content (AvgIpc) is 2.49. The van der Waals surface area contributed by atoms with Crippen molar-refractivity contribution in [2.45, 2.75) is 83.9 Å². The van der Waals surface area contributed by atoms with E-state index in [0.29, 0.717) is 12.1 Å². The van der Waals surface area contributed by atoms with Gasteiger partial charge in [0.25, 0.3) is 0 Å². The minimum Gasteiger partial charge on any atom is -0.379 e. The van der Waals surface area contributed by atoms with Crippen LogP contribution in [0, 0.1) is 5.92 Å². The van der Waals surface area contributed by atoms with Gasteiger partial charge in [-0.05, 0) is 58.9 Å². The van der Waals surface area contributed by atoms with Crippen LogP contribution in [0.1, 0.15) is 65.7 Å². The van der Waals surface area contributed by atoms with Gasteiger partial charge in [-0.2, -0.15) is 0 Å². The van der Waals surface area contributed by atoms with Crippen molar-refractivity contribution in [3.8, 4) is 0 Å². The van der Waals surface area contributed by atoms with Gasteiger partial charge in [-0.1, -0.05) is 19.3 Å². The Balaban J connectivity index is 1.68. The van der Waals surface area contributed by atoms with Crippen molar-refractivity contribution in [3.63, 3.8) is 0 Å². The lowest BCUT2D eigenvalue weighted by Gasteiger charge is -2.43. The Kier molecular flexibility index (Phi) is 7.48. The van der Waals surface area contributed by atoms with Crippen LogP contribution in [-0.2, 0) is 4.74 Å². The maximum Gasteiger partial charge on any atom is 0.0518 e. The quantitative estimate of drug-likeness (QED) is 0.728. The van der Waals surface area contributed by atoms with Gasteiger partial charge in [0.2, 0.25) is 0 Å². The molecule has 1 saturated heterocycles. The number of nitrogens with one attached hydrogen (secondary N) is 1. The van der Waals surface area contributed by atoms with Crippen LogP contribution in [0.5, 0.6) is 0 Å². The summed E-state index contributed by atoms with van der Waals surface area (Å²) >= 11 is 0. The molecule has 0 spiro atoms. The molecule has 3 heteroatoms. The van der Waals surface area contributed by atoms with Crippen molar-refractivity contribution < 1.29 is 4.74 Å². The zero-order valence-electron chi connectivity index (χ0n) is 14.4. The van der Waals surface area contributed by atoms with E-state index in [0.717, 1.165) is 18.6 Å². The van der Waals surface area contributed by atoms with E-state index in [1.165, 1.54) is 64.6 Å². The third-order valence-electron chi connectivity index (χ3n) is 5.24. The lowest BCUT2D eigenvalue weighted by molar-refractivity contribution is 0.0678. The van der Waals surface area contributed by atoms with Gasteiger partial charge in [-0.3, -0.25) is 4.90 Å². The van der Waals surface area contributed by atoms with Crippen LogP contribution >= 0.6 is 0 Å². The van der Waals surface area contributed by atoms with Gasteiger partial charge in [0, 0.05) is 31.8 Å². The highest BCUT2D eigenvalue weighted by atomic mass is 16.5. The van der Waals surface area contributed by atoms with Gasteiger partial charge in [-0.25, -0.2) is 0 Å². The van der Waals surface area contributed by atoms with Gasteiger partial charge >= 0.3 is 0 Å². The molecule has 0 aromatic rings. The molecule has 0 aromatic carbocycles. The maximum atomic E-state index is 5.64. The van der Waals surface area contributed by atoms with Crippen molar-refractivity contribution in [1.82, 2.24) is 10.2 Å². The first-order valence-corrected chi connectivity index (χ1v) is 9.26. The zero-order chi connectivity index (χ0) is 15.1. The first-order chi connectivity index (χ1) is 10.2. The molecule has 2 rings (SSSR count). The molecule has 1 saturated carbocycles. The lowest BCUT2D eigenvalue weighted by atomic mass is 9.82. The predicted molar refractivity (Wildman–Crippen MR) is 89.7 cm³/mol. The van der Waals surface area contributed by atoms with E-state index in [4.69, 9.17) is 4.74 Å². The third-order valence-corrected chi connectivity index (χ3v) is 5.24. The standard InChI is InChI=1S/C18H36N2O/c1-15(2)21-12-8-7-11-20-14-18(19-13-16(20)3)17-9-5-4-6-10-17/h15-19H,4-14H2,1-3H3. The molecule has 0 aromatic heterocycles. The van der Waals surface area contributed by atoms with Gasteiger partial charge in [0.1, 0.15) is 0 Å². The third kappa shape index (κ3) is 5.88. The van der Waals surface area contributed by atoms with Crippen LogP contribution in [0.25, 0.3) is 0 Å². The Morgan fingerprint density at radius 1 is 1.14 bits per heavy atom. The summed E-state index contributed by atoms with van der Waals surface area (Å²) in [7, 11) is 0. The van der Waals surface area contributed by atoms with E-state index in [-0.39, 0.29) is 0 Å². The molecule has 3 nitrogen and oxygen atoms in total. The molecule has 2 atom stereocenters. The smallest absolute Gasteiger partial charge is 0.0518 e. The highest BCUT2D eigenvalue weighted by Crippen LogP contribution is 2.28. The maximum absolute atomic E-state index is 5.64. The number of piperazine rings is 1. The van der Waals surface area contributed by atoms with Gasteiger partial charge < -0.3 is 10.1 Å². The summed E-state index contributed by atoms with van der Waals surface area (Å²) in [5.74, 6) is 0.929. The molecule has 124 valence electrons. The second kappa shape index (κ2) is 9.12. The molecule has 1 heterocycles. The van der Waals surface area contributed by atoms with Crippen LogP contribution in [0.15, 0.2) is 0 Å².